The van der Waals surface area contributed by atoms with Crippen LogP contribution in [0, 0.1) is 12.3 Å². The SMILES string of the molecule is C#CCOc1c(Cl)cc(C=Nn2c([C@H](C)CC)nc3ccc(Br)cc3c2=O)cc1Cl. The summed E-state index contributed by atoms with van der Waals surface area (Å²) in [6.45, 7) is 4.09. The highest BCUT2D eigenvalue weighted by atomic mass is 79.9. The van der Waals surface area contributed by atoms with E-state index in [4.69, 9.17) is 34.4 Å². The number of halogens is 3. The first-order chi connectivity index (χ1) is 14.3. The van der Waals surface area contributed by atoms with Crippen molar-refractivity contribution in [2.45, 2.75) is 26.2 Å². The Balaban J connectivity index is 2.10. The maximum atomic E-state index is 13.1. The molecule has 5 nitrogen and oxygen atoms in total. The first-order valence-electron chi connectivity index (χ1n) is 9.17. The second-order valence-electron chi connectivity index (χ2n) is 6.61. The fourth-order valence-corrected chi connectivity index (χ4v) is 3.78. The van der Waals surface area contributed by atoms with E-state index < -0.39 is 0 Å². The Morgan fingerprint density at radius 3 is 2.67 bits per heavy atom. The van der Waals surface area contributed by atoms with Crippen molar-refractivity contribution < 1.29 is 4.74 Å². The summed E-state index contributed by atoms with van der Waals surface area (Å²) in [4.78, 5) is 17.8. The van der Waals surface area contributed by atoms with Crippen LogP contribution in [0.2, 0.25) is 10.0 Å². The number of aromatic nitrogens is 2. The Bertz CT molecular complexity index is 1210. The summed E-state index contributed by atoms with van der Waals surface area (Å²) in [6.07, 6.45) is 7.53. The van der Waals surface area contributed by atoms with E-state index in [0.717, 1.165) is 10.9 Å². The van der Waals surface area contributed by atoms with Crippen molar-refractivity contribution in [2.75, 3.05) is 6.61 Å². The second-order valence-corrected chi connectivity index (χ2v) is 8.34. The largest absolute Gasteiger partial charge is 0.478 e. The number of ether oxygens (including phenoxy) is 1. The zero-order valence-electron chi connectivity index (χ0n) is 16.3. The summed E-state index contributed by atoms with van der Waals surface area (Å²) in [5.41, 5.74) is 0.986. The number of nitrogens with zero attached hydrogens (tertiary/aromatic N) is 3. The quantitative estimate of drug-likeness (QED) is 0.310. The molecule has 0 radical (unpaired) electrons. The van der Waals surface area contributed by atoms with Crippen LogP contribution >= 0.6 is 39.1 Å². The number of hydrogen-bond acceptors (Lipinski definition) is 4. The van der Waals surface area contributed by atoms with Gasteiger partial charge in [0.05, 0.1) is 27.2 Å². The van der Waals surface area contributed by atoms with Crippen molar-refractivity contribution >= 4 is 56.2 Å². The Morgan fingerprint density at radius 2 is 2.03 bits per heavy atom. The standard InChI is InChI=1S/C22H18BrCl2N3O2/c1-4-8-30-20-17(24)9-14(10-18(20)25)12-26-28-21(13(3)5-2)27-19-7-6-15(23)11-16(19)22(28)29/h1,6-7,9-13H,5,8H2,2-3H3/t13-/m1/s1. The van der Waals surface area contributed by atoms with Crippen molar-refractivity contribution in [1.29, 1.82) is 0 Å². The molecule has 1 aromatic heterocycles. The van der Waals surface area contributed by atoms with Crippen LogP contribution in [0.4, 0.5) is 0 Å². The molecule has 0 saturated carbocycles. The van der Waals surface area contributed by atoms with Crippen molar-refractivity contribution in [1.82, 2.24) is 9.66 Å². The normalized spacial score (nSPS) is 12.3. The van der Waals surface area contributed by atoms with Crippen LogP contribution in [0.25, 0.3) is 10.9 Å². The minimum Gasteiger partial charge on any atom is -0.478 e. The summed E-state index contributed by atoms with van der Waals surface area (Å²) in [6, 6.07) is 8.69. The zero-order chi connectivity index (χ0) is 21.8. The van der Waals surface area contributed by atoms with Gasteiger partial charge in [0.1, 0.15) is 12.4 Å². The van der Waals surface area contributed by atoms with Gasteiger partial charge in [0.15, 0.2) is 5.75 Å². The van der Waals surface area contributed by atoms with Crippen LogP contribution in [-0.2, 0) is 0 Å². The predicted octanol–water partition coefficient (Wildman–Crippen LogP) is 5.87. The lowest BCUT2D eigenvalue weighted by atomic mass is 10.1. The summed E-state index contributed by atoms with van der Waals surface area (Å²) in [5, 5.41) is 5.48. The monoisotopic (exact) mass is 505 g/mol. The lowest BCUT2D eigenvalue weighted by Gasteiger charge is -2.14. The topological polar surface area (TPSA) is 56.5 Å². The average Bonchev–Trinajstić information content (AvgIpc) is 2.72. The fraction of sp³-hybridized carbons (Fsp3) is 0.227. The van der Waals surface area contributed by atoms with E-state index in [1.54, 1.807) is 18.2 Å². The minimum atomic E-state index is -0.251. The maximum Gasteiger partial charge on any atom is 0.282 e. The molecule has 1 atom stereocenters. The van der Waals surface area contributed by atoms with Gasteiger partial charge in [0, 0.05) is 10.4 Å². The third-order valence-corrected chi connectivity index (χ3v) is 5.58. The lowest BCUT2D eigenvalue weighted by Crippen LogP contribution is -2.23. The number of benzene rings is 2. The zero-order valence-corrected chi connectivity index (χ0v) is 19.4. The van der Waals surface area contributed by atoms with Crippen LogP contribution in [0.1, 0.15) is 37.6 Å². The Morgan fingerprint density at radius 1 is 1.33 bits per heavy atom. The molecule has 0 saturated heterocycles. The number of hydrogen-bond donors (Lipinski definition) is 0. The summed E-state index contributed by atoms with van der Waals surface area (Å²) in [7, 11) is 0. The average molecular weight is 507 g/mol. The van der Waals surface area contributed by atoms with E-state index in [-0.39, 0.29) is 18.1 Å². The first kappa shape index (κ1) is 22.4. The number of terminal acetylenes is 1. The maximum absolute atomic E-state index is 13.1. The molecule has 0 unspecified atom stereocenters. The van der Waals surface area contributed by atoms with Crippen LogP contribution < -0.4 is 10.3 Å². The molecule has 0 bridgehead atoms. The second kappa shape index (κ2) is 9.65. The summed E-state index contributed by atoms with van der Waals surface area (Å²) in [5.74, 6) is 3.29. The van der Waals surface area contributed by atoms with Gasteiger partial charge < -0.3 is 4.74 Å². The van der Waals surface area contributed by atoms with Crippen molar-refractivity contribution in [3.8, 4) is 18.1 Å². The van der Waals surface area contributed by atoms with E-state index >= 15 is 0 Å². The molecular weight excluding hydrogens is 489 g/mol. The highest BCUT2D eigenvalue weighted by Crippen LogP contribution is 2.33. The minimum absolute atomic E-state index is 0.0367. The van der Waals surface area contributed by atoms with Crippen molar-refractivity contribution in [3.05, 3.63) is 66.6 Å². The smallest absolute Gasteiger partial charge is 0.282 e. The predicted molar refractivity (Wildman–Crippen MR) is 126 cm³/mol. The molecule has 0 aliphatic heterocycles. The van der Waals surface area contributed by atoms with Crippen LogP contribution in [0.3, 0.4) is 0 Å². The number of rotatable bonds is 6. The van der Waals surface area contributed by atoms with Gasteiger partial charge in [-0.15, -0.1) is 6.42 Å². The van der Waals surface area contributed by atoms with Gasteiger partial charge in [-0.25, -0.2) is 4.98 Å². The van der Waals surface area contributed by atoms with Gasteiger partial charge in [0.25, 0.3) is 5.56 Å². The van der Waals surface area contributed by atoms with E-state index in [0.29, 0.717) is 38.1 Å². The van der Waals surface area contributed by atoms with Gasteiger partial charge in [-0.1, -0.05) is 58.9 Å². The molecule has 0 aliphatic carbocycles. The molecule has 8 heteroatoms. The van der Waals surface area contributed by atoms with Crippen molar-refractivity contribution in [2.24, 2.45) is 5.10 Å². The van der Waals surface area contributed by atoms with Crippen LogP contribution in [0.15, 0.2) is 44.7 Å². The van der Waals surface area contributed by atoms with Gasteiger partial charge in [-0.05, 0) is 42.3 Å². The Hall–Kier alpha value is -2.33. The molecule has 0 aliphatic rings. The summed E-state index contributed by atoms with van der Waals surface area (Å²) < 4.78 is 7.48. The molecule has 3 rings (SSSR count). The van der Waals surface area contributed by atoms with Gasteiger partial charge >= 0.3 is 0 Å². The summed E-state index contributed by atoms with van der Waals surface area (Å²) >= 11 is 15.9. The van der Waals surface area contributed by atoms with Crippen molar-refractivity contribution in [3.63, 3.8) is 0 Å². The van der Waals surface area contributed by atoms with Gasteiger partial charge in [0.2, 0.25) is 0 Å². The third kappa shape index (κ3) is 4.70. The Labute approximate surface area is 192 Å². The lowest BCUT2D eigenvalue weighted by molar-refractivity contribution is 0.371. The van der Waals surface area contributed by atoms with Crippen LogP contribution in [-0.4, -0.2) is 22.5 Å². The molecule has 154 valence electrons. The van der Waals surface area contributed by atoms with E-state index in [1.807, 2.05) is 26.0 Å². The molecule has 0 spiro atoms. The van der Waals surface area contributed by atoms with Crippen LogP contribution in [0.5, 0.6) is 5.75 Å². The molecule has 2 aromatic carbocycles. The fourth-order valence-electron chi connectivity index (χ4n) is 2.81. The van der Waals surface area contributed by atoms with E-state index in [1.165, 1.54) is 10.9 Å². The van der Waals surface area contributed by atoms with E-state index in [9.17, 15) is 4.79 Å². The molecule has 0 N–H and O–H groups in total. The third-order valence-electron chi connectivity index (χ3n) is 4.53. The molecule has 0 fully saturated rings. The molecule has 30 heavy (non-hydrogen) atoms. The molecule has 3 aromatic rings. The molecule has 1 heterocycles. The highest BCUT2D eigenvalue weighted by Gasteiger charge is 2.16. The first-order valence-corrected chi connectivity index (χ1v) is 10.7. The number of fused-ring (bicyclic) bond motifs is 1. The van der Waals surface area contributed by atoms with Gasteiger partial charge in [-0.3, -0.25) is 4.79 Å². The molecular formula is C22H18BrCl2N3O2. The Kier molecular flexibility index (Phi) is 7.19. The highest BCUT2D eigenvalue weighted by molar-refractivity contribution is 9.10. The molecule has 0 amide bonds. The van der Waals surface area contributed by atoms with E-state index in [2.05, 4.69) is 31.9 Å². The van der Waals surface area contributed by atoms with Gasteiger partial charge in [-0.2, -0.15) is 9.78 Å².